The number of rotatable bonds is 13. The lowest BCUT2D eigenvalue weighted by atomic mass is 10.1. The van der Waals surface area contributed by atoms with Gasteiger partial charge in [-0.2, -0.15) is 4.39 Å². The van der Waals surface area contributed by atoms with Crippen LogP contribution in [0.5, 0.6) is 0 Å². The summed E-state index contributed by atoms with van der Waals surface area (Å²) >= 11 is 0. The molecule has 0 radical (unpaired) electrons. The molecular weight excluding hydrogens is 258 g/mol. The van der Waals surface area contributed by atoms with Crippen LogP contribution in [0.4, 0.5) is 8.78 Å². The Labute approximate surface area is 124 Å². The second kappa shape index (κ2) is 20.8. The molecular formula is C17H34F2O. The predicted molar refractivity (Wildman–Crippen MR) is 83.5 cm³/mol. The molecule has 0 unspecified atom stereocenters. The summed E-state index contributed by atoms with van der Waals surface area (Å²) in [5, 5.41) is 0. The lowest BCUT2D eigenvalue weighted by Crippen LogP contribution is -1.85. The van der Waals surface area contributed by atoms with Crippen molar-refractivity contribution in [1.82, 2.24) is 0 Å². The molecule has 0 saturated carbocycles. The smallest absolute Gasteiger partial charge is 0.261 e. The van der Waals surface area contributed by atoms with Gasteiger partial charge in [-0.25, -0.2) is 0 Å². The van der Waals surface area contributed by atoms with Gasteiger partial charge in [0.2, 0.25) is 0 Å². The van der Waals surface area contributed by atoms with Gasteiger partial charge >= 0.3 is 6.04 Å². The van der Waals surface area contributed by atoms with Gasteiger partial charge in [-0.1, -0.05) is 78.1 Å². The molecule has 0 aromatic rings. The van der Waals surface area contributed by atoms with Crippen LogP contribution in [0, 0.1) is 0 Å². The second-order valence-corrected chi connectivity index (χ2v) is 5.33. The molecule has 0 amide bonds. The number of halogens is 2. The highest BCUT2D eigenvalue weighted by molar-refractivity contribution is 5.67. The van der Waals surface area contributed by atoms with Gasteiger partial charge in [0.05, 0.1) is 6.67 Å². The molecule has 0 fully saturated rings. The maximum atomic E-state index is 11.7. The van der Waals surface area contributed by atoms with Gasteiger partial charge in [-0.15, -0.1) is 0 Å². The monoisotopic (exact) mass is 292 g/mol. The first kappa shape index (κ1) is 21.8. The Morgan fingerprint density at radius 1 is 0.700 bits per heavy atom. The van der Waals surface area contributed by atoms with E-state index in [1.165, 1.54) is 44.9 Å². The summed E-state index contributed by atoms with van der Waals surface area (Å²) in [6.07, 6.45) is 14.0. The molecule has 0 rings (SSSR count). The Morgan fingerprint density at radius 2 is 1.10 bits per heavy atom. The minimum Gasteiger partial charge on any atom is -0.261 e. The summed E-state index contributed by atoms with van der Waals surface area (Å²) in [5.41, 5.74) is 0. The standard InChI is InChI=1S/C11H23F.C6H11FO/c1-2-3-4-5-6-7-8-9-10-11-12;1-2-3-4-5-6(7)8/h2-11H2,1H3;2-5H2,1H3. The van der Waals surface area contributed by atoms with E-state index in [-0.39, 0.29) is 13.1 Å². The van der Waals surface area contributed by atoms with E-state index in [0.29, 0.717) is 6.42 Å². The van der Waals surface area contributed by atoms with Gasteiger partial charge in [0.25, 0.3) is 0 Å². The van der Waals surface area contributed by atoms with Crippen molar-refractivity contribution in [3.8, 4) is 0 Å². The third kappa shape index (κ3) is 26.2. The molecule has 0 bridgehead atoms. The van der Waals surface area contributed by atoms with E-state index in [9.17, 15) is 13.6 Å². The van der Waals surface area contributed by atoms with Crippen LogP contribution < -0.4 is 0 Å². The molecule has 0 aliphatic carbocycles. The molecule has 0 aromatic heterocycles. The Morgan fingerprint density at radius 3 is 1.50 bits per heavy atom. The summed E-state index contributed by atoms with van der Waals surface area (Å²) in [4.78, 5) is 9.65. The van der Waals surface area contributed by atoms with E-state index in [4.69, 9.17) is 0 Å². The fourth-order valence-corrected chi connectivity index (χ4v) is 1.92. The Kier molecular flexibility index (Phi) is 22.7. The third-order valence-corrected chi connectivity index (χ3v) is 3.21. The van der Waals surface area contributed by atoms with E-state index < -0.39 is 6.04 Å². The number of carbonyl (C=O) groups excluding carboxylic acids is 1. The van der Waals surface area contributed by atoms with Crippen LogP contribution in [0.1, 0.15) is 97.3 Å². The molecule has 1 nitrogen and oxygen atoms in total. The largest absolute Gasteiger partial charge is 0.301 e. The molecule has 0 spiro atoms. The van der Waals surface area contributed by atoms with Gasteiger partial charge in [-0.3, -0.25) is 9.18 Å². The van der Waals surface area contributed by atoms with Crippen molar-refractivity contribution in [3.63, 3.8) is 0 Å². The fourth-order valence-electron chi connectivity index (χ4n) is 1.92. The summed E-state index contributed by atoms with van der Waals surface area (Å²) in [7, 11) is 0. The molecule has 0 heterocycles. The molecule has 0 N–H and O–H groups in total. The van der Waals surface area contributed by atoms with E-state index >= 15 is 0 Å². The number of unbranched alkanes of at least 4 members (excludes halogenated alkanes) is 10. The van der Waals surface area contributed by atoms with Crippen molar-refractivity contribution in [1.29, 1.82) is 0 Å². The molecule has 3 heteroatoms. The fraction of sp³-hybridized carbons (Fsp3) is 0.941. The zero-order valence-electron chi connectivity index (χ0n) is 13.6. The molecule has 0 aliphatic heterocycles. The highest BCUT2D eigenvalue weighted by atomic mass is 19.1. The predicted octanol–water partition coefficient (Wildman–Crippen LogP) is 6.55. The van der Waals surface area contributed by atoms with Crippen LogP contribution in [0.2, 0.25) is 0 Å². The van der Waals surface area contributed by atoms with Crippen LogP contribution in [0.25, 0.3) is 0 Å². The van der Waals surface area contributed by atoms with Crippen LogP contribution in [-0.4, -0.2) is 12.7 Å². The van der Waals surface area contributed by atoms with Crippen molar-refractivity contribution in [2.24, 2.45) is 0 Å². The van der Waals surface area contributed by atoms with Crippen molar-refractivity contribution >= 4 is 6.04 Å². The van der Waals surface area contributed by atoms with Crippen LogP contribution in [-0.2, 0) is 4.79 Å². The molecule has 0 aliphatic rings. The summed E-state index contributed by atoms with van der Waals surface area (Å²) in [6.45, 7) is 4.12. The molecule has 0 saturated heterocycles. The van der Waals surface area contributed by atoms with Gasteiger partial charge in [0, 0.05) is 6.42 Å². The van der Waals surface area contributed by atoms with E-state index in [1.807, 2.05) is 6.92 Å². The average molecular weight is 292 g/mol. The topological polar surface area (TPSA) is 17.1 Å². The Balaban J connectivity index is 0. The lowest BCUT2D eigenvalue weighted by Gasteiger charge is -1.99. The first-order chi connectivity index (χ1) is 9.68. The number of hydrogen-bond donors (Lipinski definition) is 0. The highest BCUT2D eigenvalue weighted by Crippen LogP contribution is 2.09. The lowest BCUT2D eigenvalue weighted by molar-refractivity contribution is -0.129. The molecule has 122 valence electrons. The maximum absolute atomic E-state index is 11.7. The SMILES string of the molecule is CCCCCC(=O)F.CCCCCCCCCCCF. The van der Waals surface area contributed by atoms with E-state index in [1.54, 1.807) is 0 Å². The van der Waals surface area contributed by atoms with Gasteiger partial charge in [0.15, 0.2) is 0 Å². The van der Waals surface area contributed by atoms with E-state index in [2.05, 4.69) is 6.92 Å². The zero-order valence-corrected chi connectivity index (χ0v) is 13.6. The summed E-state index contributed by atoms with van der Waals surface area (Å²) in [6, 6.07) is -1.18. The van der Waals surface area contributed by atoms with Gasteiger partial charge in [-0.05, 0) is 12.8 Å². The van der Waals surface area contributed by atoms with Crippen molar-refractivity contribution in [2.45, 2.75) is 97.3 Å². The van der Waals surface area contributed by atoms with Crippen molar-refractivity contribution in [2.75, 3.05) is 6.67 Å². The second-order valence-electron chi connectivity index (χ2n) is 5.33. The van der Waals surface area contributed by atoms with Crippen LogP contribution in [0.3, 0.4) is 0 Å². The third-order valence-electron chi connectivity index (χ3n) is 3.21. The van der Waals surface area contributed by atoms with E-state index in [0.717, 1.165) is 25.7 Å². The van der Waals surface area contributed by atoms with Crippen LogP contribution in [0.15, 0.2) is 0 Å². The Bertz CT molecular complexity index is 174. The normalized spacial score (nSPS) is 10.0. The molecule has 0 atom stereocenters. The summed E-state index contributed by atoms with van der Waals surface area (Å²) in [5.74, 6) is 0. The molecule has 0 aromatic carbocycles. The van der Waals surface area contributed by atoms with Crippen molar-refractivity contribution in [3.05, 3.63) is 0 Å². The van der Waals surface area contributed by atoms with Crippen molar-refractivity contribution < 1.29 is 13.6 Å². The average Bonchev–Trinajstić information content (AvgIpc) is 2.43. The Hall–Kier alpha value is -0.470. The van der Waals surface area contributed by atoms with Gasteiger partial charge in [0.1, 0.15) is 0 Å². The quantitative estimate of drug-likeness (QED) is 0.278. The minimum absolute atomic E-state index is 0.105. The van der Waals surface area contributed by atoms with Crippen LogP contribution >= 0.6 is 0 Å². The molecule has 20 heavy (non-hydrogen) atoms. The number of hydrogen-bond acceptors (Lipinski definition) is 1. The first-order valence-electron chi connectivity index (χ1n) is 8.43. The highest BCUT2D eigenvalue weighted by Gasteiger charge is 1.94. The van der Waals surface area contributed by atoms with Gasteiger partial charge < -0.3 is 0 Å². The maximum Gasteiger partial charge on any atom is 0.301 e. The summed E-state index contributed by atoms with van der Waals surface area (Å²) < 4.78 is 23.1. The number of carbonyl (C=O) groups is 1. The zero-order chi connectivity index (χ0) is 15.5. The first-order valence-corrected chi connectivity index (χ1v) is 8.43. The minimum atomic E-state index is -1.18. The number of alkyl halides is 1.